The molecule has 4 heteroatoms. The largest absolute Gasteiger partial charge is 0.456 e. The van der Waals surface area contributed by atoms with Crippen LogP contribution in [0.4, 0.5) is 0 Å². The van der Waals surface area contributed by atoms with Gasteiger partial charge in [-0.05, 0) is 24.6 Å². The fraction of sp³-hybridized carbons (Fsp3) is 0.412. The van der Waals surface area contributed by atoms with Crippen molar-refractivity contribution in [1.29, 1.82) is 5.26 Å². The first-order chi connectivity index (χ1) is 10.1. The molecular weight excluding hydrogens is 264 g/mol. The summed E-state index contributed by atoms with van der Waals surface area (Å²) < 4.78 is 5.59. The van der Waals surface area contributed by atoms with Gasteiger partial charge in [-0.2, -0.15) is 5.26 Å². The van der Waals surface area contributed by atoms with Gasteiger partial charge in [0.2, 0.25) is 0 Å². The minimum Gasteiger partial charge on any atom is -0.456 e. The molecule has 0 saturated carbocycles. The van der Waals surface area contributed by atoms with Crippen LogP contribution in [0.15, 0.2) is 36.4 Å². The number of hydrogen-bond acceptors (Lipinski definition) is 4. The lowest BCUT2D eigenvalue weighted by atomic mass is 9.92. The second-order valence-electron chi connectivity index (χ2n) is 5.71. The van der Waals surface area contributed by atoms with Crippen molar-refractivity contribution in [3.63, 3.8) is 0 Å². The van der Waals surface area contributed by atoms with Crippen molar-refractivity contribution in [3.8, 4) is 6.07 Å². The lowest BCUT2D eigenvalue weighted by Gasteiger charge is -2.36. The second-order valence-corrected chi connectivity index (χ2v) is 5.71. The predicted molar refractivity (Wildman–Crippen MR) is 79.0 cm³/mol. The fourth-order valence-electron chi connectivity index (χ4n) is 3.47. The molecule has 0 aromatic heterocycles. The van der Waals surface area contributed by atoms with Crippen LogP contribution in [-0.4, -0.2) is 36.1 Å². The second kappa shape index (κ2) is 5.34. The van der Waals surface area contributed by atoms with E-state index in [0.29, 0.717) is 0 Å². The molecule has 3 rings (SSSR count). The molecule has 21 heavy (non-hydrogen) atoms. The molecule has 0 unspecified atom stereocenters. The van der Waals surface area contributed by atoms with E-state index in [1.807, 2.05) is 37.4 Å². The highest BCUT2D eigenvalue weighted by molar-refractivity contribution is 5.75. The van der Waals surface area contributed by atoms with Crippen LogP contribution < -0.4 is 0 Å². The Balaban J connectivity index is 2.04. The number of likely N-dealkylation sites (N-methyl/N-ethyl adjacent to an activating group) is 1. The molecule has 0 radical (unpaired) electrons. The smallest absolute Gasteiger partial charge is 0.303 e. The van der Waals surface area contributed by atoms with Gasteiger partial charge < -0.3 is 4.74 Å². The summed E-state index contributed by atoms with van der Waals surface area (Å²) in [6.45, 7) is 1.44. The maximum atomic E-state index is 11.5. The van der Waals surface area contributed by atoms with Gasteiger partial charge in [0.1, 0.15) is 6.10 Å². The zero-order chi connectivity index (χ0) is 15.0. The summed E-state index contributed by atoms with van der Waals surface area (Å²) in [4.78, 5) is 13.6. The topological polar surface area (TPSA) is 53.3 Å². The molecular formula is C17H18N2O2. The first-order valence-corrected chi connectivity index (χ1v) is 7.17. The molecule has 4 atom stereocenters. The lowest BCUT2D eigenvalue weighted by Crippen LogP contribution is -2.46. The number of rotatable bonds is 2. The van der Waals surface area contributed by atoms with Crippen molar-refractivity contribution < 1.29 is 9.53 Å². The number of benzene rings is 1. The summed E-state index contributed by atoms with van der Waals surface area (Å²) in [6.07, 6.45) is 2.53. The molecule has 2 heterocycles. The zero-order valence-electron chi connectivity index (χ0n) is 12.2. The Morgan fingerprint density at radius 1 is 1.38 bits per heavy atom. The van der Waals surface area contributed by atoms with E-state index >= 15 is 0 Å². The van der Waals surface area contributed by atoms with Crippen LogP contribution in [0.25, 0.3) is 5.57 Å². The molecule has 1 saturated heterocycles. The summed E-state index contributed by atoms with van der Waals surface area (Å²) >= 11 is 0. The van der Waals surface area contributed by atoms with E-state index in [1.54, 1.807) is 0 Å². The van der Waals surface area contributed by atoms with E-state index in [-0.39, 0.29) is 30.1 Å². The lowest BCUT2D eigenvalue weighted by molar-refractivity contribution is -0.146. The Labute approximate surface area is 124 Å². The Morgan fingerprint density at radius 3 is 2.71 bits per heavy atom. The van der Waals surface area contributed by atoms with E-state index in [9.17, 15) is 10.1 Å². The highest BCUT2D eigenvalue weighted by Gasteiger charge is 2.48. The number of nitriles is 1. The van der Waals surface area contributed by atoms with Gasteiger partial charge in [-0.3, -0.25) is 9.69 Å². The van der Waals surface area contributed by atoms with E-state index in [4.69, 9.17) is 4.74 Å². The first kappa shape index (κ1) is 13.8. The van der Waals surface area contributed by atoms with Gasteiger partial charge in [-0.15, -0.1) is 0 Å². The van der Waals surface area contributed by atoms with Crippen molar-refractivity contribution in [1.82, 2.24) is 4.90 Å². The molecule has 2 aliphatic rings. The number of carbonyl (C=O) groups excluding carboxylic acids is 1. The van der Waals surface area contributed by atoms with Crippen LogP contribution in [0.3, 0.4) is 0 Å². The highest BCUT2D eigenvalue weighted by Crippen LogP contribution is 2.42. The monoisotopic (exact) mass is 282 g/mol. The molecule has 2 aliphatic heterocycles. The van der Waals surface area contributed by atoms with Gasteiger partial charge >= 0.3 is 5.97 Å². The van der Waals surface area contributed by atoms with Crippen LogP contribution >= 0.6 is 0 Å². The van der Waals surface area contributed by atoms with Crippen molar-refractivity contribution in [2.45, 2.75) is 31.5 Å². The molecule has 4 nitrogen and oxygen atoms in total. The number of fused-ring (bicyclic) bond motifs is 2. The molecule has 2 bridgehead atoms. The number of hydrogen-bond donors (Lipinski definition) is 0. The molecule has 1 fully saturated rings. The summed E-state index contributed by atoms with van der Waals surface area (Å²) in [5.41, 5.74) is 2.09. The standard InChI is InChI=1S/C17H18N2O2/c1-11(20)21-17-14(12-6-4-3-5-7-12)9-15-13(10-18)8-16(17)19(15)2/h3-7,9,13,15-17H,8H2,1-2H3/t13-,15-,16-,17-/m1/s1. The van der Waals surface area contributed by atoms with Gasteiger partial charge in [-0.1, -0.05) is 36.4 Å². The van der Waals surface area contributed by atoms with E-state index < -0.39 is 0 Å². The number of esters is 1. The van der Waals surface area contributed by atoms with Crippen LogP contribution in [0.2, 0.25) is 0 Å². The SMILES string of the molecule is CC(=O)O[C@@H]1C(c2ccccc2)=C[C@@H]2[C@@H](C#N)C[C@H]1N2C. The molecule has 0 aliphatic carbocycles. The number of ether oxygens (including phenoxy) is 1. The number of nitrogens with zero attached hydrogens (tertiary/aromatic N) is 2. The van der Waals surface area contributed by atoms with Gasteiger partial charge in [0.15, 0.2) is 0 Å². The molecule has 0 spiro atoms. The highest BCUT2D eigenvalue weighted by atomic mass is 16.5. The van der Waals surface area contributed by atoms with Gasteiger partial charge in [0.05, 0.1) is 18.0 Å². The van der Waals surface area contributed by atoms with Gasteiger partial charge in [0, 0.05) is 13.0 Å². The quantitative estimate of drug-likeness (QED) is 0.781. The van der Waals surface area contributed by atoms with Crippen molar-refractivity contribution in [3.05, 3.63) is 42.0 Å². The third-order valence-electron chi connectivity index (χ3n) is 4.47. The molecule has 0 N–H and O–H groups in total. The van der Waals surface area contributed by atoms with Crippen molar-refractivity contribution in [2.24, 2.45) is 5.92 Å². The predicted octanol–water partition coefficient (Wildman–Crippen LogP) is 2.23. The Hall–Kier alpha value is -2.12. The summed E-state index contributed by atoms with van der Waals surface area (Å²) in [7, 11) is 2.00. The number of carbonyl (C=O) groups is 1. The fourth-order valence-corrected chi connectivity index (χ4v) is 3.47. The molecule has 1 aromatic rings. The summed E-state index contributed by atoms with van der Waals surface area (Å²) in [5.74, 6) is -0.326. The average Bonchev–Trinajstić information content (AvgIpc) is 2.69. The van der Waals surface area contributed by atoms with Crippen LogP contribution in [0, 0.1) is 17.2 Å². The van der Waals surface area contributed by atoms with Crippen LogP contribution in [0.5, 0.6) is 0 Å². The third-order valence-corrected chi connectivity index (χ3v) is 4.47. The third kappa shape index (κ3) is 2.34. The average molecular weight is 282 g/mol. The van der Waals surface area contributed by atoms with Crippen LogP contribution in [0.1, 0.15) is 18.9 Å². The minimum atomic E-state index is -0.301. The molecule has 1 aromatic carbocycles. The maximum absolute atomic E-state index is 11.5. The van der Waals surface area contributed by atoms with Crippen LogP contribution in [-0.2, 0) is 9.53 Å². The minimum absolute atomic E-state index is 0.0423. The van der Waals surface area contributed by atoms with Gasteiger partial charge in [0.25, 0.3) is 0 Å². The zero-order valence-corrected chi connectivity index (χ0v) is 12.2. The Kier molecular flexibility index (Phi) is 3.52. The van der Waals surface area contributed by atoms with E-state index in [0.717, 1.165) is 17.6 Å². The van der Waals surface area contributed by atoms with E-state index in [1.165, 1.54) is 6.92 Å². The van der Waals surface area contributed by atoms with E-state index in [2.05, 4.69) is 17.0 Å². The van der Waals surface area contributed by atoms with Gasteiger partial charge in [-0.25, -0.2) is 0 Å². The Morgan fingerprint density at radius 2 is 2.10 bits per heavy atom. The first-order valence-electron chi connectivity index (χ1n) is 7.17. The normalized spacial score (nSPS) is 31.4. The maximum Gasteiger partial charge on any atom is 0.303 e. The van der Waals surface area contributed by atoms with Crippen molar-refractivity contribution in [2.75, 3.05) is 7.05 Å². The summed E-state index contributed by atoms with van der Waals surface area (Å²) in [6, 6.07) is 12.5. The molecule has 0 amide bonds. The molecule has 108 valence electrons. The van der Waals surface area contributed by atoms with Crippen molar-refractivity contribution >= 4 is 11.5 Å². The Bertz CT molecular complexity index is 617. The summed E-state index contributed by atoms with van der Waals surface area (Å²) in [5, 5.41) is 9.34.